The maximum Gasteiger partial charge on any atom is 0.199 e. The molecular formula is C14H19NO. The Balaban J connectivity index is 2.64. The van der Waals surface area contributed by atoms with E-state index in [2.05, 4.69) is 45.9 Å². The van der Waals surface area contributed by atoms with E-state index in [9.17, 15) is 5.11 Å². The molecule has 1 heterocycles. The molecule has 1 aromatic carbocycles. The highest BCUT2D eigenvalue weighted by molar-refractivity contribution is 5.88. The van der Waals surface area contributed by atoms with Crippen LogP contribution in [0.15, 0.2) is 24.4 Å². The zero-order valence-electron chi connectivity index (χ0n) is 10.4. The third-order valence-corrected chi connectivity index (χ3v) is 3.06. The highest BCUT2D eigenvalue weighted by Gasteiger charge is 2.11. The Hall–Kier alpha value is -1.44. The molecule has 0 unspecified atom stereocenters. The van der Waals surface area contributed by atoms with Gasteiger partial charge in [-0.15, -0.1) is 0 Å². The van der Waals surface area contributed by atoms with Crippen molar-refractivity contribution in [3.05, 3.63) is 30.0 Å². The van der Waals surface area contributed by atoms with Crippen LogP contribution in [0.2, 0.25) is 0 Å². The predicted octanol–water partition coefficient (Wildman–Crippen LogP) is 4.05. The monoisotopic (exact) mass is 217 g/mol. The van der Waals surface area contributed by atoms with E-state index in [0.29, 0.717) is 11.8 Å². The van der Waals surface area contributed by atoms with Crippen LogP contribution in [0.1, 0.15) is 45.2 Å². The van der Waals surface area contributed by atoms with Crippen LogP contribution in [0.5, 0.6) is 5.88 Å². The van der Waals surface area contributed by atoms with Gasteiger partial charge in [0, 0.05) is 23.0 Å². The smallest absolute Gasteiger partial charge is 0.199 e. The summed E-state index contributed by atoms with van der Waals surface area (Å²) in [6.45, 7) is 8.47. The van der Waals surface area contributed by atoms with E-state index in [4.69, 9.17) is 0 Å². The molecule has 0 amide bonds. The quantitative estimate of drug-likeness (QED) is 0.806. The highest BCUT2D eigenvalue weighted by Crippen LogP contribution is 2.32. The van der Waals surface area contributed by atoms with Gasteiger partial charge in [0.25, 0.3) is 0 Å². The van der Waals surface area contributed by atoms with Crippen molar-refractivity contribution >= 4 is 10.8 Å². The van der Waals surface area contributed by atoms with Gasteiger partial charge in [0.15, 0.2) is 5.88 Å². The molecule has 0 aliphatic carbocycles. The number of fused-ring (bicyclic) bond motifs is 1. The molecule has 0 radical (unpaired) electrons. The van der Waals surface area contributed by atoms with Gasteiger partial charge in [-0.25, -0.2) is 0 Å². The first-order chi connectivity index (χ1) is 7.50. The van der Waals surface area contributed by atoms with Gasteiger partial charge in [-0.05, 0) is 31.4 Å². The zero-order chi connectivity index (χ0) is 11.9. The van der Waals surface area contributed by atoms with Crippen LogP contribution in [0.3, 0.4) is 0 Å². The van der Waals surface area contributed by atoms with E-state index in [0.717, 1.165) is 10.8 Å². The number of hydrogen-bond acceptors (Lipinski definition) is 1. The molecule has 2 aromatic rings. The maximum atomic E-state index is 10.1. The third kappa shape index (κ3) is 1.69. The lowest BCUT2D eigenvalue weighted by atomic mass is 10.0. The van der Waals surface area contributed by atoms with Crippen LogP contribution in [-0.4, -0.2) is 9.67 Å². The summed E-state index contributed by atoms with van der Waals surface area (Å²) in [6.07, 6.45) is 2.01. The Kier molecular flexibility index (Phi) is 2.66. The molecular weight excluding hydrogens is 198 g/mol. The molecule has 86 valence electrons. The standard InChI is InChI=1S/C14H19NO/c1-9(2)11-5-6-12-8-15(10(3)4)14(16)13(12)7-11/h5-10,16H,1-4H3. The molecule has 1 N–H and O–H groups in total. The van der Waals surface area contributed by atoms with Crippen molar-refractivity contribution in [3.8, 4) is 5.88 Å². The summed E-state index contributed by atoms with van der Waals surface area (Å²) in [6, 6.07) is 6.60. The lowest BCUT2D eigenvalue weighted by Crippen LogP contribution is -1.96. The van der Waals surface area contributed by atoms with Gasteiger partial charge in [0.05, 0.1) is 0 Å². The summed E-state index contributed by atoms with van der Waals surface area (Å²) in [4.78, 5) is 0. The Morgan fingerprint density at radius 2 is 1.81 bits per heavy atom. The van der Waals surface area contributed by atoms with Gasteiger partial charge < -0.3 is 9.67 Å². The largest absolute Gasteiger partial charge is 0.494 e. The van der Waals surface area contributed by atoms with Gasteiger partial charge in [0.2, 0.25) is 0 Å². The molecule has 0 saturated heterocycles. The van der Waals surface area contributed by atoms with Crippen LogP contribution >= 0.6 is 0 Å². The van der Waals surface area contributed by atoms with E-state index in [1.165, 1.54) is 5.56 Å². The van der Waals surface area contributed by atoms with Crippen molar-refractivity contribution in [2.45, 2.75) is 39.7 Å². The Morgan fingerprint density at radius 3 is 2.38 bits per heavy atom. The second-order valence-corrected chi connectivity index (χ2v) is 4.96. The van der Waals surface area contributed by atoms with Crippen LogP contribution in [-0.2, 0) is 0 Å². The van der Waals surface area contributed by atoms with E-state index in [1.807, 2.05) is 10.8 Å². The van der Waals surface area contributed by atoms with Crippen LogP contribution in [0, 0.1) is 0 Å². The number of hydrogen-bond donors (Lipinski definition) is 1. The van der Waals surface area contributed by atoms with Gasteiger partial charge >= 0.3 is 0 Å². The van der Waals surface area contributed by atoms with Gasteiger partial charge in [-0.3, -0.25) is 0 Å². The van der Waals surface area contributed by atoms with E-state index in [-0.39, 0.29) is 6.04 Å². The van der Waals surface area contributed by atoms with Gasteiger partial charge in [0.1, 0.15) is 0 Å². The number of rotatable bonds is 2. The summed E-state index contributed by atoms with van der Waals surface area (Å²) in [5, 5.41) is 12.2. The SMILES string of the molecule is CC(C)c1ccc2cn(C(C)C)c(O)c2c1. The van der Waals surface area contributed by atoms with E-state index < -0.39 is 0 Å². The normalized spacial score (nSPS) is 11.9. The van der Waals surface area contributed by atoms with Crippen LogP contribution in [0.4, 0.5) is 0 Å². The zero-order valence-corrected chi connectivity index (χ0v) is 10.4. The Labute approximate surface area is 96.5 Å². The minimum Gasteiger partial charge on any atom is -0.494 e. The number of aromatic hydroxyl groups is 1. The Bertz CT molecular complexity index is 509. The van der Waals surface area contributed by atoms with Crippen molar-refractivity contribution in [1.29, 1.82) is 0 Å². The molecule has 2 rings (SSSR count). The fourth-order valence-corrected chi connectivity index (χ4v) is 1.98. The lowest BCUT2D eigenvalue weighted by molar-refractivity contribution is 0.405. The number of aromatic nitrogens is 1. The summed E-state index contributed by atoms with van der Waals surface area (Å²) in [5.41, 5.74) is 1.27. The molecule has 0 bridgehead atoms. The maximum absolute atomic E-state index is 10.1. The lowest BCUT2D eigenvalue weighted by Gasteiger charge is -2.08. The topological polar surface area (TPSA) is 25.2 Å². The molecule has 0 aliphatic heterocycles. The fourth-order valence-electron chi connectivity index (χ4n) is 1.98. The molecule has 2 nitrogen and oxygen atoms in total. The number of nitrogens with zero attached hydrogens (tertiary/aromatic N) is 1. The second kappa shape index (κ2) is 3.85. The summed E-state index contributed by atoms with van der Waals surface area (Å²) in [7, 11) is 0. The average Bonchev–Trinajstić information content (AvgIpc) is 2.56. The highest BCUT2D eigenvalue weighted by atomic mass is 16.3. The first kappa shape index (κ1) is 11.1. The first-order valence-corrected chi connectivity index (χ1v) is 5.84. The minimum atomic E-state index is 0.287. The average molecular weight is 217 g/mol. The Morgan fingerprint density at radius 1 is 1.12 bits per heavy atom. The molecule has 0 saturated carbocycles. The number of benzene rings is 1. The van der Waals surface area contributed by atoms with Crippen molar-refractivity contribution < 1.29 is 5.11 Å². The minimum absolute atomic E-state index is 0.287. The molecule has 0 fully saturated rings. The molecule has 16 heavy (non-hydrogen) atoms. The summed E-state index contributed by atoms with van der Waals surface area (Å²) >= 11 is 0. The summed E-state index contributed by atoms with van der Waals surface area (Å²) in [5.74, 6) is 0.874. The third-order valence-electron chi connectivity index (χ3n) is 3.06. The molecule has 1 aromatic heterocycles. The molecule has 2 heteroatoms. The van der Waals surface area contributed by atoms with Crippen molar-refractivity contribution in [2.24, 2.45) is 0 Å². The van der Waals surface area contributed by atoms with Gasteiger partial charge in [-0.1, -0.05) is 26.0 Å². The fraction of sp³-hybridized carbons (Fsp3) is 0.429. The van der Waals surface area contributed by atoms with Crippen molar-refractivity contribution in [3.63, 3.8) is 0 Å². The van der Waals surface area contributed by atoms with Crippen molar-refractivity contribution in [1.82, 2.24) is 4.57 Å². The molecule has 0 atom stereocenters. The molecule has 0 aliphatic rings. The summed E-state index contributed by atoms with van der Waals surface area (Å²) < 4.78 is 1.91. The predicted molar refractivity (Wildman–Crippen MR) is 68.1 cm³/mol. The second-order valence-electron chi connectivity index (χ2n) is 4.96. The van der Waals surface area contributed by atoms with E-state index in [1.54, 1.807) is 0 Å². The van der Waals surface area contributed by atoms with Crippen LogP contribution < -0.4 is 0 Å². The molecule has 0 spiro atoms. The van der Waals surface area contributed by atoms with Crippen molar-refractivity contribution in [2.75, 3.05) is 0 Å². The first-order valence-electron chi connectivity index (χ1n) is 5.84. The van der Waals surface area contributed by atoms with Gasteiger partial charge in [-0.2, -0.15) is 0 Å². The van der Waals surface area contributed by atoms with Crippen LogP contribution in [0.25, 0.3) is 10.8 Å². The van der Waals surface area contributed by atoms with E-state index >= 15 is 0 Å².